The molecule has 1 aromatic heterocycles. The lowest BCUT2D eigenvalue weighted by Gasteiger charge is -2.12. The van der Waals surface area contributed by atoms with Crippen LogP contribution in [0.5, 0.6) is 0 Å². The van der Waals surface area contributed by atoms with Crippen molar-refractivity contribution in [1.82, 2.24) is 9.78 Å². The summed E-state index contributed by atoms with van der Waals surface area (Å²) in [7, 11) is 1.19. The van der Waals surface area contributed by atoms with Crippen LogP contribution in [0.3, 0.4) is 0 Å². The van der Waals surface area contributed by atoms with E-state index in [0.717, 1.165) is 0 Å². The first-order chi connectivity index (χ1) is 13.4. The number of rotatable bonds is 3. The molecule has 156 valence electrons. The van der Waals surface area contributed by atoms with Gasteiger partial charge in [0.1, 0.15) is 0 Å². The Kier molecular flexibility index (Phi) is 6.30. The van der Waals surface area contributed by atoms with Gasteiger partial charge in [-0.1, -0.05) is 11.8 Å². The number of methoxy groups -OCH3 is 1. The summed E-state index contributed by atoms with van der Waals surface area (Å²) >= 11 is 0. The molecule has 2 aromatic rings. The van der Waals surface area contributed by atoms with Crippen LogP contribution in [0.4, 0.5) is 26.3 Å². The Hall–Kier alpha value is -2.96. The van der Waals surface area contributed by atoms with E-state index in [2.05, 4.69) is 21.7 Å². The predicted octanol–water partition coefficient (Wildman–Crippen LogP) is 4.36. The Bertz CT molecular complexity index is 945. The molecule has 0 saturated heterocycles. The quantitative estimate of drug-likeness (QED) is 0.423. The van der Waals surface area contributed by atoms with Crippen LogP contribution in [0.2, 0.25) is 0 Å². The number of nitrogens with zero attached hydrogens (tertiary/aromatic N) is 2. The molecule has 0 unspecified atom stereocenters. The van der Waals surface area contributed by atoms with Gasteiger partial charge in [0, 0.05) is 12.1 Å². The highest BCUT2D eigenvalue weighted by atomic mass is 19.4. The smallest absolute Gasteiger partial charge is 0.416 e. The van der Waals surface area contributed by atoms with Crippen LogP contribution < -0.4 is 0 Å². The summed E-state index contributed by atoms with van der Waals surface area (Å²) in [6.45, 7) is 3.72. The summed E-state index contributed by atoms with van der Waals surface area (Å²) in [6.07, 6.45) is -10.1. The lowest BCUT2D eigenvalue weighted by molar-refractivity contribution is -0.143. The van der Waals surface area contributed by atoms with Crippen molar-refractivity contribution in [2.75, 3.05) is 7.11 Å². The fraction of sp³-hybridized carbons (Fsp3) is 0.368. The van der Waals surface area contributed by atoms with E-state index in [1.807, 2.05) is 0 Å². The number of carbonyl (C=O) groups excluding carboxylic acids is 1. The van der Waals surface area contributed by atoms with E-state index in [-0.39, 0.29) is 18.1 Å². The second-order valence-electron chi connectivity index (χ2n) is 6.02. The van der Waals surface area contributed by atoms with Gasteiger partial charge in [0.2, 0.25) is 0 Å². The Labute approximate surface area is 162 Å². The molecular weight excluding hydrogens is 402 g/mol. The molecule has 0 atom stereocenters. The fourth-order valence-electron chi connectivity index (χ4n) is 2.60. The highest BCUT2D eigenvalue weighted by molar-refractivity contribution is 5.73. The highest BCUT2D eigenvalue weighted by Gasteiger charge is 2.36. The van der Waals surface area contributed by atoms with Crippen LogP contribution >= 0.6 is 0 Å². The van der Waals surface area contributed by atoms with Gasteiger partial charge in [0.15, 0.2) is 0 Å². The first-order valence-electron chi connectivity index (χ1n) is 8.31. The Morgan fingerprint density at radius 1 is 1.07 bits per heavy atom. The molecule has 10 heteroatoms. The zero-order valence-electron chi connectivity index (χ0n) is 15.6. The lowest BCUT2D eigenvalue weighted by atomic mass is 10.0. The van der Waals surface area contributed by atoms with Crippen molar-refractivity contribution in [2.45, 2.75) is 39.2 Å². The van der Waals surface area contributed by atoms with E-state index >= 15 is 0 Å². The van der Waals surface area contributed by atoms with Crippen LogP contribution in [0.25, 0.3) is 0 Å². The summed E-state index contributed by atoms with van der Waals surface area (Å²) in [5, 5.41) is 4.19. The van der Waals surface area contributed by atoms with E-state index in [9.17, 15) is 31.1 Å². The molecule has 0 amide bonds. The second-order valence-corrected chi connectivity index (χ2v) is 6.02. The summed E-state index contributed by atoms with van der Waals surface area (Å²) in [5.74, 6) is 4.32. The number of hydrogen-bond donors (Lipinski definition) is 0. The molecule has 0 aliphatic heterocycles. The molecular formula is C19H16F6N2O2. The van der Waals surface area contributed by atoms with Gasteiger partial charge >= 0.3 is 18.3 Å². The maximum Gasteiger partial charge on any atom is 0.416 e. The molecule has 2 rings (SSSR count). The molecule has 0 N–H and O–H groups in total. The molecule has 0 spiro atoms. The third-order valence-electron chi connectivity index (χ3n) is 3.99. The predicted molar refractivity (Wildman–Crippen MR) is 90.8 cm³/mol. The standard InChI is InChI=1S/C19H16F6N2O2/c1-4-27-16(10-17(28)29-3)15(11(2)26-27)6-5-12-7-13(18(20,21)22)9-14(8-12)19(23,24)25/h7-9H,4,10H2,1-3H3. The van der Waals surface area contributed by atoms with Crippen molar-refractivity contribution in [3.05, 3.63) is 51.8 Å². The van der Waals surface area contributed by atoms with E-state index in [1.54, 1.807) is 13.8 Å². The number of alkyl halides is 6. The minimum atomic E-state index is -4.96. The number of aromatic nitrogens is 2. The van der Waals surface area contributed by atoms with Gasteiger partial charge in [0.05, 0.1) is 41.6 Å². The maximum absolute atomic E-state index is 13.0. The molecule has 29 heavy (non-hydrogen) atoms. The van der Waals surface area contributed by atoms with Gasteiger partial charge in [-0.05, 0) is 32.0 Å². The van der Waals surface area contributed by atoms with Crippen molar-refractivity contribution < 1.29 is 35.9 Å². The molecule has 0 fully saturated rings. The number of ether oxygens (including phenoxy) is 1. The fourth-order valence-corrected chi connectivity index (χ4v) is 2.60. The van der Waals surface area contributed by atoms with Gasteiger partial charge in [-0.15, -0.1) is 0 Å². The van der Waals surface area contributed by atoms with Gasteiger partial charge in [-0.3, -0.25) is 9.48 Å². The molecule has 0 aliphatic rings. The Balaban J connectivity index is 2.59. The summed E-state index contributed by atoms with van der Waals surface area (Å²) in [5.41, 5.74) is -2.35. The number of carbonyl (C=O) groups is 1. The average Bonchev–Trinajstić information content (AvgIpc) is 2.92. The van der Waals surface area contributed by atoms with E-state index in [1.165, 1.54) is 11.8 Å². The largest absolute Gasteiger partial charge is 0.469 e. The third-order valence-corrected chi connectivity index (χ3v) is 3.99. The molecule has 1 aromatic carbocycles. The summed E-state index contributed by atoms with van der Waals surface area (Å²) in [4.78, 5) is 11.6. The van der Waals surface area contributed by atoms with Crippen LogP contribution in [0.15, 0.2) is 18.2 Å². The van der Waals surface area contributed by atoms with Gasteiger partial charge in [-0.25, -0.2) is 0 Å². The Morgan fingerprint density at radius 2 is 1.62 bits per heavy atom. The molecule has 0 radical (unpaired) electrons. The van der Waals surface area contributed by atoms with E-state index in [0.29, 0.717) is 30.1 Å². The highest BCUT2D eigenvalue weighted by Crippen LogP contribution is 2.36. The average molecular weight is 418 g/mol. The number of benzene rings is 1. The number of aryl methyl sites for hydroxylation is 2. The van der Waals surface area contributed by atoms with Crippen LogP contribution in [-0.4, -0.2) is 22.9 Å². The normalized spacial score (nSPS) is 11.8. The van der Waals surface area contributed by atoms with Gasteiger partial charge in [0.25, 0.3) is 0 Å². The number of hydrogen-bond acceptors (Lipinski definition) is 3. The van der Waals surface area contributed by atoms with Crippen molar-refractivity contribution >= 4 is 5.97 Å². The summed E-state index contributed by atoms with van der Waals surface area (Å²) < 4.78 is 84.0. The van der Waals surface area contributed by atoms with Crippen LogP contribution in [0.1, 0.15) is 40.6 Å². The number of halogens is 6. The van der Waals surface area contributed by atoms with Crippen molar-refractivity contribution in [2.24, 2.45) is 0 Å². The lowest BCUT2D eigenvalue weighted by Crippen LogP contribution is -2.11. The number of esters is 1. The van der Waals surface area contributed by atoms with Crippen LogP contribution in [-0.2, 0) is 34.8 Å². The molecule has 4 nitrogen and oxygen atoms in total. The third kappa shape index (κ3) is 5.31. The van der Waals surface area contributed by atoms with Crippen LogP contribution in [0, 0.1) is 18.8 Å². The maximum atomic E-state index is 13.0. The van der Waals surface area contributed by atoms with Crippen molar-refractivity contribution in [3.8, 4) is 11.8 Å². The van der Waals surface area contributed by atoms with E-state index in [4.69, 9.17) is 0 Å². The summed E-state index contributed by atoms with van der Waals surface area (Å²) in [6, 6.07) is 1.12. The molecule has 1 heterocycles. The van der Waals surface area contributed by atoms with Crippen molar-refractivity contribution in [1.29, 1.82) is 0 Å². The Morgan fingerprint density at radius 3 is 2.07 bits per heavy atom. The zero-order valence-corrected chi connectivity index (χ0v) is 15.6. The van der Waals surface area contributed by atoms with Gasteiger partial charge < -0.3 is 4.74 Å². The van der Waals surface area contributed by atoms with Gasteiger partial charge in [-0.2, -0.15) is 31.4 Å². The minimum Gasteiger partial charge on any atom is -0.469 e. The van der Waals surface area contributed by atoms with Crippen molar-refractivity contribution in [3.63, 3.8) is 0 Å². The zero-order chi connectivity index (χ0) is 22.0. The topological polar surface area (TPSA) is 44.1 Å². The first-order valence-corrected chi connectivity index (χ1v) is 8.31. The molecule has 0 aliphatic carbocycles. The monoisotopic (exact) mass is 418 g/mol. The molecule has 0 saturated carbocycles. The minimum absolute atomic E-state index is 0.0359. The SMILES string of the molecule is CCn1nc(C)c(C#Cc2cc(C(F)(F)F)cc(C(F)(F)F)c2)c1CC(=O)OC. The molecule has 0 bridgehead atoms. The van der Waals surface area contributed by atoms with E-state index < -0.39 is 35.0 Å². The first kappa shape index (κ1) is 22.3. The second kappa shape index (κ2) is 8.19.